The van der Waals surface area contributed by atoms with Gasteiger partial charge in [0.05, 0.1) is 5.60 Å². The van der Waals surface area contributed by atoms with Crippen LogP contribution in [0.15, 0.2) is 16.3 Å². The number of hydrogen-bond donors (Lipinski definition) is 1. The molecule has 7 heteroatoms. The fourth-order valence-corrected chi connectivity index (χ4v) is 5.25. The summed E-state index contributed by atoms with van der Waals surface area (Å²) in [5, 5.41) is 0. The van der Waals surface area contributed by atoms with Gasteiger partial charge in [0.25, 0.3) is 10.0 Å². The monoisotopic (exact) mass is 304 g/mol. The Morgan fingerprint density at radius 2 is 2.26 bits per heavy atom. The van der Waals surface area contributed by atoms with E-state index in [1.54, 1.807) is 19.2 Å². The van der Waals surface area contributed by atoms with Crippen LogP contribution in [0, 0.1) is 0 Å². The molecule has 2 N–H and O–H groups in total. The third-order valence-corrected chi connectivity index (χ3v) is 6.97. The van der Waals surface area contributed by atoms with Crippen molar-refractivity contribution in [1.82, 2.24) is 4.31 Å². The molecular formula is C12H20N2O3S2. The SMILES string of the molecule is COC1(C)CCCN(S(=O)(=O)c2ccc(CN)s2)C1. The molecule has 0 saturated carbocycles. The van der Waals surface area contributed by atoms with Crippen LogP contribution < -0.4 is 5.73 Å². The molecule has 2 heterocycles. The van der Waals surface area contributed by atoms with Gasteiger partial charge >= 0.3 is 0 Å². The minimum Gasteiger partial charge on any atom is -0.377 e. The zero-order valence-corrected chi connectivity index (χ0v) is 12.9. The minimum atomic E-state index is -3.42. The van der Waals surface area contributed by atoms with Gasteiger partial charge in [-0.15, -0.1) is 11.3 Å². The number of nitrogens with two attached hydrogens (primary N) is 1. The largest absolute Gasteiger partial charge is 0.377 e. The molecule has 1 fully saturated rings. The number of rotatable bonds is 4. The molecule has 0 bridgehead atoms. The van der Waals surface area contributed by atoms with E-state index >= 15 is 0 Å². The summed E-state index contributed by atoms with van der Waals surface area (Å²) in [7, 11) is -1.78. The third-order valence-electron chi connectivity index (χ3n) is 3.55. The molecule has 0 amide bonds. The van der Waals surface area contributed by atoms with Crippen LogP contribution in [0.1, 0.15) is 24.6 Å². The Balaban J connectivity index is 2.24. The fourth-order valence-electron chi connectivity index (χ4n) is 2.27. The average Bonchev–Trinajstić information content (AvgIpc) is 2.88. The first kappa shape index (κ1) is 14.9. The van der Waals surface area contributed by atoms with Gasteiger partial charge in [0, 0.05) is 31.6 Å². The van der Waals surface area contributed by atoms with Gasteiger partial charge in [-0.05, 0) is 31.9 Å². The smallest absolute Gasteiger partial charge is 0.252 e. The fraction of sp³-hybridized carbons (Fsp3) is 0.667. The highest BCUT2D eigenvalue weighted by Gasteiger charge is 2.37. The van der Waals surface area contributed by atoms with E-state index in [0.717, 1.165) is 17.7 Å². The summed E-state index contributed by atoms with van der Waals surface area (Å²) in [5.41, 5.74) is 5.14. The van der Waals surface area contributed by atoms with E-state index in [4.69, 9.17) is 10.5 Å². The van der Waals surface area contributed by atoms with E-state index in [0.29, 0.717) is 23.8 Å². The first-order valence-corrected chi connectivity index (χ1v) is 8.51. The van der Waals surface area contributed by atoms with Crippen molar-refractivity contribution in [2.45, 2.75) is 36.1 Å². The Morgan fingerprint density at radius 1 is 1.53 bits per heavy atom. The van der Waals surface area contributed by atoms with Crippen molar-refractivity contribution in [1.29, 1.82) is 0 Å². The van der Waals surface area contributed by atoms with E-state index in [1.807, 2.05) is 6.92 Å². The predicted molar refractivity (Wildman–Crippen MR) is 75.6 cm³/mol. The van der Waals surface area contributed by atoms with Gasteiger partial charge in [0.2, 0.25) is 0 Å². The molecule has 0 aliphatic carbocycles. The van der Waals surface area contributed by atoms with Gasteiger partial charge < -0.3 is 10.5 Å². The number of sulfonamides is 1. The summed E-state index contributed by atoms with van der Waals surface area (Å²) in [5.74, 6) is 0. The van der Waals surface area contributed by atoms with Crippen LogP contribution in [0.4, 0.5) is 0 Å². The number of ether oxygens (including phenoxy) is 1. The van der Waals surface area contributed by atoms with E-state index in [2.05, 4.69) is 0 Å². The standard InChI is InChI=1S/C12H20N2O3S2/c1-12(17-2)6-3-7-14(9-12)19(15,16)11-5-4-10(8-13)18-11/h4-5H,3,6-9,13H2,1-2H3. The highest BCUT2D eigenvalue weighted by Crippen LogP contribution is 2.31. The van der Waals surface area contributed by atoms with Crippen LogP contribution >= 0.6 is 11.3 Å². The Bertz CT molecular complexity index is 541. The molecule has 0 spiro atoms. The maximum absolute atomic E-state index is 12.6. The van der Waals surface area contributed by atoms with Crippen molar-refractivity contribution >= 4 is 21.4 Å². The van der Waals surface area contributed by atoms with Crippen molar-refractivity contribution in [3.05, 3.63) is 17.0 Å². The summed E-state index contributed by atoms with van der Waals surface area (Å²) in [6.07, 6.45) is 1.70. The Kier molecular flexibility index (Phi) is 4.32. The zero-order valence-electron chi connectivity index (χ0n) is 11.3. The lowest BCUT2D eigenvalue weighted by atomic mass is 9.96. The summed E-state index contributed by atoms with van der Waals surface area (Å²) in [4.78, 5) is 0.880. The molecule has 1 aliphatic rings. The molecule has 0 radical (unpaired) electrons. The second-order valence-electron chi connectivity index (χ2n) is 5.02. The molecule has 5 nitrogen and oxygen atoms in total. The normalized spacial score (nSPS) is 25.6. The summed E-state index contributed by atoms with van der Waals surface area (Å²) in [6, 6.07) is 3.41. The quantitative estimate of drug-likeness (QED) is 0.912. The van der Waals surface area contributed by atoms with Crippen LogP contribution in [0.5, 0.6) is 0 Å². The molecule has 19 heavy (non-hydrogen) atoms. The maximum Gasteiger partial charge on any atom is 0.252 e. The number of piperidine rings is 1. The molecule has 108 valence electrons. The molecule has 1 atom stereocenters. The molecule has 1 aromatic rings. The number of thiophene rings is 1. The second-order valence-corrected chi connectivity index (χ2v) is 8.35. The molecule has 1 saturated heterocycles. The van der Waals surface area contributed by atoms with Gasteiger partial charge in [0.15, 0.2) is 0 Å². The van der Waals surface area contributed by atoms with E-state index in [1.165, 1.54) is 15.6 Å². The Labute approximate surface area is 118 Å². The number of nitrogens with zero attached hydrogens (tertiary/aromatic N) is 1. The second kappa shape index (κ2) is 5.49. The van der Waals surface area contributed by atoms with E-state index in [9.17, 15) is 8.42 Å². The Morgan fingerprint density at radius 3 is 2.84 bits per heavy atom. The van der Waals surface area contributed by atoms with Gasteiger partial charge in [-0.1, -0.05) is 0 Å². The van der Waals surface area contributed by atoms with Crippen LogP contribution in [0.25, 0.3) is 0 Å². The maximum atomic E-state index is 12.6. The minimum absolute atomic E-state index is 0.369. The first-order chi connectivity index (χ1) is 8.91. The molecule has 1 aromatic heterocycles. The predicted octanol–water partition coefficient (Wildman–Crippen LogP) is 1.40. The zero-order chi connectivity index (χ0) is 14.1. The molecule has 1 aliphatic heterocycles. The van der Waals surface area contributed by atoms with Gasteiger partial charge in [-0.3, -0.25) is 0 Å². The molecule has 2 rings (SSSR count). The van der Waals surface area contributed by atoms with Crippen molar-refractivity contribution in [2.24, 2.45) is 5.73 Å². The van der Waals surface area contributed by atoms with Crippen LogP contribution in [-0.2, 0) is 21.3 Å². The molecule has 1 unspecified atom stereocenters. The van der Waals surface area contributed by atoms with Gasteiger partial charge in [0.1, 0.15) is 4.21 Å². The Hall–Kier alpha value is -0.470. The van der Waals surface area contributed by atoms with Crippen molar-refractivity contribution < 1.29 is 13.2 Å². The first-order valence-electron chi connectivity index (χ1n) is 6.25. The molecular weight excluding hydrogens is 284 g/mol. The summed E-state index contributed by atoms with van der Waals surface area (Å²) in [6.45, 7) is 3.28. The summed E-state index contributed by atoms with van der Waals surface area (Å²) < 4.78 is 32.5. The lowest BCUT2D eigenvalue weighted by Crippen LogP contribution is -2.49. The number of hydrogen-bond acceptors (Lipinski definition) is 5. The average molecular weight is 304 g/mol. The van der Waals surface area contributed by atoms with Crippen molar-refractivity contribution in [2.75, 3.05) is 20.2 Å². The topological polar surface area (TPSA) is 72.6 Å². The van der Waals surface area contributed by atoms with Crippen LogP contribution in [-0.4, -0.2) is 38.5 Å². The van der Waals surface area contributed by atoms with Crippen molar-refractivity contribution in [3.8, 4) is 0 Å². The van der Waals surface area contributed by atoms with E-state index < -0.39 is 10.0 Å². The van der Waals surface area contributed by atoms with Crippen molar-refractivity contribution in [3.63, 3.8) is 0 Å². The lowest BCUT2D eigenvalue weighted by Gasteiger charge is -2.38. The van der Waals surface area contributed by atoms with Gasteiger partial charge in [-0.2, -0.15) is 4.31 Å². The third kappa shape index (κ3) is 3.00. The number of methoxy groups -OCH3 is 1. The van der Waals surface area contributed by atoms with Gasteiger partial charge in [-0.25, -0.2) is 8.42 Å². The van der Waals surface area contributed by atoms with Crippen LogP contribution in [0.3, 0.4) is 0 Å². The van der Waals surface area contributed by atoms with E-state index in [-0.39, 0.29) is 5.60 Å². The lowest BCUT2D eigenvalue weighted by molar-refractivity contribution is -0.0319. The summed E-state index contributed by atoms with van der Waals surface area (Å²) >= 11 is 1.25. The van der Waals surface area contributed by atoms with Crippen LogP contribution in [0.2, 0.25) is 0 Å². The highest BCUT2D eigenvalue weighted by molar-refractivity contribution is 7.91. The molecule has 0 aromatic carbocycles. The highest BCUT2D eigenvalue weighted by atomic mass is 32.2.